The van der Waals surface area contributed by atoms with Crippen molar-refractivity contribution in [3.05, 3.63) is 83.9 Å². The fourth-order valence-corrected chi connectivity index (χ4v) is 5.38. The second kappa shape index (κ2) is 11.7. The first-order chi connectivity index (χ1) is 18.8. The van der Waals surface area contributed by atoms with Crippen molar-refractivity contribution in [3.63, 3.8) is 0 Å². The van der Waals surface area contributed by atoms with E-state index >= 15 is 0 Å². The van der Waals surface area contributed by atoms with Crippen molar-refractivity contribution >= 4 is 21.8 Å². The number of nitrogens with one attached hydrogen (secondary N) is 1. The van der Waals surface area contributed by atoms with Crippen LogP contribution in [0.3, 0.4) is 0 Å². The van der Waals surface area contributed by atoms with Gasteiger partial charge in [0, 0.05) is 37.5 Å². The van der Waals surface area contributed by atoms with Crippen molar-refractivity contribution in [1.82, 2.24) is 10.2 Å². The van der Waals surface area contributed by atoms with E-state index in [1.807, 2.05) is 0 Å². The molecule has 0 heterocycles. The number of halogens is 3. The van der Waals surface area contributed by atoms with E-state index in [0.29, 0.717) is 36.1 Å². The van der Waals surface area contributed by atoms with Crippen LogP contribution in [0.5, 0.6) is 5.75 Å². The van der Waals surface area contributed by atoms with Gasteiger partial charge in [-0.15, -0.1) is 13.2 Å². The molecule has 1 fully saturated rings. The molecule has 0 unspecified atom stereocenters. The van der Waals surface area contributed by atoms with Crippen LogP contribution in [0.25, 0.3) is 11.1 Å². The average Bonchev–Trinajstić information content (AvgIpc) is 2.86. The van der Waals surface area contributed by atoms with Crippen LogP contribution in [-0.4, -0.2) is 38.5 Å². The first-order valence-corrected chi connectivity index (χ1v) is 13.9. The number of rotatable bonds is 9. The smallest absolute Gasteiger partial charge is 0.406 e. The van der Waals surface area contributed by atoms with E-state index < -0.39 is 28.2 Å². The molecule has 1 saturated carbocycles. The van der Waals surface area contributed by atoms with Crippen molar-refractivity contribution in [2.24, 2.45) is 17.0 Å². The number of nitrogens with two attached hydrogens (primary N) is 1. The van der Waals surface area contributed by atoms with Crippen LogP contribution < -0.4 is 15.2 Å². The van der Waals surface area contributed by atoms with Crippen LogP contribution in [0.1, 0.15) is 24.0 Å². The Morgan fingerprint density at radius 3 is 2.12 bits per heavy atom. The van der Waals surface area contributed by atoms with Gasteiger partial charge in [0.1, 0.15) is 5.75 Å². The second-order valence-electron chi connectivity index (χ2n) is 9.63. The Hall–Kier alpha value is -3.90. The summed E-state index contributed by atoms with van der Waals surface area (Å²) in [5, 5.41) is 8.09. The number of amides is 2. The van der Waals surface area contributed by atoms with Crippen molar-refractivity contribution < 1.29 is 35.9 Å². The third kappa shape index (κ3) is 7.19. The third-order valence-electron chi connectivity index (χ3n) is 6.81. The maximum Gasteiger partial charge on any atom is 0.573 e. The SMILES string of the molecule is CN(Cc1ccc(-c2ccccc2S(N)(=O)=O)cc1)C(=O)[C@@H]1CC[C@H]1C(=O)NCc1ccc(OC(F)(F)F)cc1. The van der Waals surface area contributed by atoms with E-state index in [4.69, 9.17) is 5.14 Å². The molecular formula is C28H28F3N3O5S. The first kappa shape index (κ1) is 29.1. The van der Waals surface area contributed by atoms with Crippen LogP contribution in [0.4, 0.5) is 13.2 Å². The summed E-state index contributed by atoms with van der Waals surface area (Å²) in [6.45, 7) is 0.409. The van der Waals surface area contributed by atoms with Crippen molar-refractivity contribution in [2.75, 3.05) is 7.05 Å². The summed E-state index contributed by atoms with van der Waals surface area (Å²) in [5.41, 5.74) is 2.57. The topological polar surface area (TPSA) is 119 Å². The maximum absolute atomic E-state index is 13.1. The van der Waals surface area contributed by atoms with Gasteiger partial charge in [-0.1, -0.05) is 54.6 Å². The van der Waals surface area contributed by atoms with Gasteiger partial charge >= 0.3 is 6.36 Å². The summed E-state index contributed by atoms with van der Waals surface area (Å²) < 4.78 is 64.6. The van der Waals surface area contributed by atoms with Gasteiger partial charge in [0.2, 0.25) is 21.8 Å². The largest absolute Gasteiger partial charge is 0.573 e. The van der Waals surface area contributed by atoms with Gasteiger partial charge < -0.3 is 15.0 Å². The van der Waals surface area contributed by atoms with Crippen LogP contribution in [0, 0.1) is 11.8 Å². The molecule has 3 aromatic rings. The highest BCUT2D eigenvalue weighted by molar-refractivity contribution is 7.89. The predicted molar refractivity (Wildman–Crippen MR) is 141 cm³/mol. The molecule has 4 rings (SSSR count). The predicted octanol–water partition coefficient (Wildman–Crippen LogP) is 4.20. The summed E-state index contributed by atoms with van der Waals surface area (Å²) in [5.74, 6) is -1.75. The Kier molecular flexibility index (Phi) is 8.50. The lowest BCUT2D eigenvalue weighted by molar-refractivity contribution is -0.274. The van der Waals surface area contributed by atoms with Gasteiger partial charge in [0.05, 0.1) is 4.90 Å². The third-order valence-corrected chi connectivity index (χ3v) is 7.78. The second-order valence-corrected chi connectivity index (χ2v) is 11.2. The van der Waals surface area contributed by atoms with Crippen molar-refractivity contribution in [3.8, 4) is 16.9 Å². The molecule has 12 heteroatoms. The molecule has 0 saturated heterocycles. The van der Waals surface area contributed by atoms with Gasteiger partial charge in [-0.05, 0) is 47.7 Å². The number of benzene rings is 3. The van der Waals surface area contributed by atoms with E-state index in [2.05, 4.69) is 10.1 Å². The molecule has 0 aliphatic heterocycles. The highest BCUT2D eigenvalue weighted by Crippen LogP contribution is 2.36. The molecule has 0 aromatic heterocycles. The van der Waals surface area contributed by atoms with E-state index in [1.165, 1.54) is 30.3 Å². The molecule has 8 nitrogen and oxygen atoms in total. The molecule has 2 atom stereocenters. The molecule has 0 radical (unpaired) electrons. The maximum atomic E-state index is 13.1. The number of primary sulfonamides is 1. The Morgan fingerprint density at radius 1 is 0.950 bits per heavy atom. The Balaban J connectivity index is 1.31. The van der Waals surface area contributed by atoms with Crippen LogP contribution in [0.2, 0.25) is 0 Å². The minimum Gasteiger partial charge on any atom is -0.406 e. The zero-order valence-electron chi connectivity index (χ0n) is 21.5. The average molecular weight is 576 g/mol. The monoisotopic (exact) mass is 575 g/mol. The van der Waals surface area contributed by atoms with Crippen LogP contribution >= 0.6 is 0 Å². The molecular weight excluding hydrogens is 547 g/mol. The Labute approximate surface area is 230 Å². The lowest BCUT2D eigenvalue weighted by Crippen LogP contribution is -2.47. The summed E-state index contributed by atoms with van der Waals surface area (Å²) in [7, 11) is -2.24. The van der Waals surface area contributed by atoms with Gasteiger partial charge in [0.25, 0.3) is 0 Å². The highest BCUT2D eigenvalue weighted by atomic mass is 32.2. The molecule has 1 aliphatic rings. The lowest BCUT2D eigenvalue weighted by Gasteiger charge is -2.36. The van der Waals surface area contributed by atoms with Crippen molar-refractivity contribution in [1.29, 1.82) is 0 Å². The van der Waals surface area contributed by atoms with Gasteiger partial charge in [0.15, 0.2) is 0 Å². The number of carbonyl (C=O) groups is 2. The number of alkyl halides is 3. The fourth-order valence-electron chi connectivity index (χ4n) is 4.62. The van der Waals surface area contributed by atoms with Crippen LogP contribution in [0.15, 0.2) is 77.7 Å². The fraction of sp³-hybridized carbons (Fsp3) is 0.286. The van der Waals surface area contributed by atoms with Crippen LogP contribution in [-0.2, 0) is 32.7 Å². The summed E-state index contributed by atoms with van der Waals surface area (Å²) in [6, 6.07) is 18.8. The van der Waals surface area contributed by atoms with E-state index in [9.17, 15) is 31.2 Å². The van der Waals surface area contributed by atoms with Gasteiger partial charge in [-0.3, -0.25) is 9.59 Å². The Morgan fingerprint density at radius 2 is 1.55 bits per heavy atom. The number of sulfonamides is 1. The molecule has 1 aliphatic carbocycles. The number of hydrogen-bond donors (Lipinski definition) is 2. The molecule has 3 aromatic carbocycles. The molecule has 0 spiro atoms. The van der Waals surface area contributed by atoms with Crippen molar-refractivity contribution in [2.45, 2.75) is 37.2 Å². The van der Waals surface area contributed by atoms with E-state index in [1.54, 1.807) is 54.4 Å². The molecule has 2 amide bonds. The van der Waals surface area contributed by atoms with Gasteiger partial charge in [-0.2, -0.15) is 0 Å². The normalized spacial score (nSPS) is 17.0. The summed E-state index contributed by atoms with van der Waals surface area (Å²) >= 11 is 0. The van der Waals surface area contributed by atoms with E-state index in [0.717, 1.165) is 5.56 Å². The highest BCUT2D eigenvalue weighted by Gasteiger charge is 2.42. The number of hydrogen-bond acceptors (Lipinski definition) is 5. The molecule has 0 bridgehead atoms. The first-order valence-electron chi connectivity index (χ1n) is 12.4. The molecule has 3 N–H and O–H groups in total. The number of nitrogens with zero attached hydrogens (tertiary/aromatic N) is 1. The summed E-state index contributed by atoms with van der Waals surface area (Å²) in [4.78, 5) is 27.4. The minimum atomic E-state index is -4.78. The zero-order valence-corrected chi connectivity index (χ0v) is 22.3. The number of carbonyl (C=O) groups excluding carboxylic acids is 2. The quantitative estimate of drug-likeness (QED) is 0.397. The molecule has 40 heavy (non-hydrogen) atoms. The zero-order chi connectivity index (χ0) is 29.1. The van der Waals surface area contributed by atoms with E-state index in [-0.39, 0.29) is 29.0 Å². The standard InChI is InChI=1S/C28H28F3N3O5S/c1-34(17-19-6-10-20(11-7-19)22-4-2-3-5-25(22)40(32,37)38)27(36)24-15-14-23(24)26(35)33-16-18-8-12-21(13-9-18)39-28(29,30)31/h2-13,23-24H,14-17H2,1H3,(H,33,35)(H2,32,37,38)/t23-,24-/m1/s1. The van der Waals surface area contributed by atoms with Gasteiger partial charge in [-0.25, -0.2) is 13.6 Å². The summed E-state index contributed by atoms with van der Waals surface area (Å²) in [6.07, 6.45) is -3.64. The Bertz CT molecular complexity index is 1480. The lowest BCUT2D eigenvalue weighted by atomic mass is 9.72. The number of ether oxygens (including phenoxy) is 1. The molecule has 212 valence electrons. The minimum absolute atomic E-state index is 0.0248.